The Hall–Kier alpha value is -1.23. The lowest BCUT2D eigenvalue weighted by Gasteiger charge is -2.11. The Bertz CT molecular complexity index is 399. The fourth-order valence-corrected chi connectivity index (χ4v) is 1.94. The Morgan fingerprint density at radius 3 is 1.94 bits per heavy atom. The van der Waals surface area contributed by atoms with E-state index in [1.165, 1.54) is 26.4 Å². The van der Waals surface area contributed by atoms with Crippen molar-refractivity contribution in [1.29, 1.82) is 0 Å². The molecule has 0 unspecified atom stereocenters. The Morgan fingerprint density at radius 2 is 1.62 bits per heavy atom. The maximum Gasteiger partial charge on any atom is 0.329 e. The van der Waals surface area contributed by atoms with E-state index in [0.717, 1.165) is 0 Å². The third kappa shape index (κ3) is 3.13. The van der Waals surface area contributed by atoms with E-state index in [-0.39, 0.29) is 17.2 Å². The molecule has 0 heterocycles. The molecule has 0 amide bonds. The molecule has 0 aliphatic rings. The average molecular weight is 248 g/mol. The van der Waals surface area contributed by atoms with Crippen molar-refractivity contribution < 1.29 is 28.9 Å². The Labute approximate surface area is 92.6 Å². The first kappa shape index (κ1) is 12.8. The van der Waals surface area contributed by atoms with E-state index in [1.807, 2.05) is 0 Å². The second kappa shape index (κ2) is 4.74. The highest BCUT2D eigenvalue weighted by Crippen LogP contribution is 2.43. The van der Waals surface area contributed by atoms with Crippen molar-refractivity contribution in [3.63, 3.8) is 0 Å². The van der Waals surface area contributed by atoms with Gasteiger partial charge in [-0.25, -0.2) is 0 Å². The summed E-state index contributed by atoms with van der Waals surface area (Å²) in [6, 6.07) is 2.72. The summed E-state index contributed by atoms with van der Waals surface area (Å²) in [5.74, 6) is 0.0325. The first-order valence-corrected chi connectivity index (χ1v) is 6.15. The van der Waals surface area contributed by atoms with Gasteiger partial charge in [0.25, 0.3) is 0 Å². The molecule has 3 N–H and O–H groups in total. The fraction of sp³-hybridized carbons (Fsp3) is 0.333. The highest BCUT2D eigenvalue weighted by molar-refractivity contribution is 7.50. The first-order chi connectivity index (χ1) is 7.37. The predicted octanol–water partition coefficient (Wildman–Crippen LogP) is 1.09. The number of phenols is 1. The number of aromatic hydroxyl groups is 1. The lowest BCUT2D eigenvalue weighted by Crippen LogP contribution is -1.93. The minimum atomic E-state index is -4.16. The molecule has 0 aliphatic carbocycles. The van der Waals surface area contributed by atoms with Crippen LogP contribution in [0.1, 0.15) is 5.56 Å². The van der Waals surface area contributed by atoms with Gasteiger partial charge in [0.1, 0.15) is 0 Å². The predicted molar refractivity (Wildman–Crippen MR) is 57.0 cm³/mol. The van der Waals surface area contributed by atoms with Crippen LogP contribution in [0.15, 0.2) is 12.1 Å². The van der Waals surface area contributed by atoms with Crippen LogP contribution in [-0.4, -0.2) is 29.1 Å². The molecule has 1 aromatic rings. The molecule has 1 aromatic carbocycles. The number of phenolic OH excluding ortho intramolecular Hbond substituents is 1. The van der Waals surface area contributed by atoms with Gasteiger partial charge in [-0.3, -0.25) is 4.57 Å². The van der Waals surface area contributed by atoms with Gasteiger partial charge in [0.05, 0.1) is 20.4 Å². The first-order valence-electron chi connectivity index (χ1n) is 4.36. The zero-order chi connectivity index (χ0) is 12.3. The molecule has 1 rings (SSSR count). The molecular formula is C9H13O6P. The number of benzene rings is 1. The fourth-order valence-electron chi connectivity index (χ4n) is 1.28. The van der Waals surface area contributed by atoms with Crippen molar-refractivity contribution >= 4 is 7.60 Å². The van der Waals surface area contributed by atoms with Crippen molar-refractivity contribution in [2.45, 2.75) is 6.16 Å². The largest absolute Gasteiger partial charge is 0.502 e. The van der Waals surface area contributed by atoms with Crippen LogP contribution in [0.3, 0.4) is 0 Å². The van der Waals surface area contributed by atoms with Crippen LogP contribution in [-0.2, 0) is 10.7 Å². The topological polar surface area (TPSA) is 96.2 Å². The normalized spacial score (nSPS) is 11.2. The van der Waals surface area contributed by atoms with E-state index in [2.05, 4.69) is 0 Å². The smallest absolute Gasteiger partial charge is 0.329 e. The SMILES string of the molecule is COc1cc(CP(=O)(O)O)cc(OC)c1O. The summed E-state index contributed by atoms with van der Waals surface area (Å²) in [6.45, 7) is 0. The molecule has 0 atom stereocenters. The van der Waals surface area contributed by atoms with E-state index in [1.54, 1.807) is 0 Å². The Kier molecular flexibility index (Phi) is 3.80. The zero-order valence-corrected chi connectivity index (χ0v) is 9.77. The highest BCUT2D eigenvalue weighted by atomic mass is 31.2. The van der Waals surface area contributed by atoms with Crippen molar-refractivity contribution in [2.75, 3.05) is 14.2 Å². The Morgan fingerprint density at radius 1 is 1.19 bits per heavy atom. The van der Waals surface area contributed by atoms with Gasteiger partial charge in [-0.15, -0.1) is 0 Å². The number of methoxy groups -OCH3 is 2. The summed E-state index contributed by atoms with van der Waals surface area (Å²) in [7, 11) is -1.47. The average Bonchev–Trinajstić information content (AvgIpc) is 2.18. The van der Waals surface area contributed by atoms with Gasteiger partial charge in [-0.2, -0.15) is 0 Å². The van der Waals surface area contributed by atoms with E-state index in [9.17, 15) is 9.67 Å². The Balaban J connectivity index is 3.17. The van der Waals surface area contributed by atoms with Crippen molar-refractivity contribution in [1.82, 2.24) is 0 Å². The van der Waals surface area contributed by atoms with Crippen LogP contribution >= 0.6 is 7.60 Å². The third-order valence-corrected chi connectivity index (χ3v) is 2.71. The van der Waals surface area contributed by atoms with Gasteiger partial charge in [-0.1, -0.05) is 0 Å². The molecule has 0 saturated carbocycles. The standard InChI is InChI=1S/C9H13O6P/c1-14-7-3-6(5-16(11,12)13)4-8(15-2)9(7)10/h3-4,10H,5H2,1-2H3,(H2,11,12,13). The zero-order valence-electron chi connectivity index (χ0n) is 8.88. The molecule has 0 fully saturated rings. The monoisotopic (exact) mass is 248 g/mol. The van der Waals surface area contributed by atoms with E-state index >= 15 is 0 Å². The van der Waals surface area contributed by atoms with Crippen LogP contribution in [0.25, 0.3) is 0 Å². The van der Waals surface area contributed by atoms with Crippen LogP contribution in [0.5, 0.6) is 17.2 Å². The van der Waals surface area contributed by atoms with Gasteiger partial charge < -0.3 is 24.4 Å². The lowest BCUT2D eigenvalue weighted by molar-refractivity contribution is 0.338. The molecule has 0 aliphatic heterocycles. The second-order valence-corrected chi connectivity index (χ2v) is 4.82. The second-order valence-electron chi connectivity index (χ2n) is 3.17. The molecule has 0 radical (unpaired) electrons. The van der Waals surface area contributed by atoms with Gasteiger partial charge in [0, 0.05) is 0 Å². The molecule has 16 heavy (non-hydrogen) atoms. The minimum absolute atomic E-state index is 0.114. The van der Waals surface area contributed by atoms with Crippen molar-refractivity contribution in [3.8, 4) is 17.2 Å². The van der Waals surface area contributed by atoms with Gasteiger partial charge >= 0.3 is 7.60 Å². The molecule has 7 heteroatoms. The number of rotatable bonds is 4. The van der Waals surface area contributed by atoms with E-state index in [4.69, 9.17) is 19.3 Å². The van der Waals surface area contributed by atoms with Crippen LogP contribution in [0.4, 0.5) is 0 Å². The number of ether oxygens (including phenoxy) is 2. The summed E-state index contributed by atoms with van der Waals surface area (Å²) in [6.07, 6.45) is -0.431. The maximum atomic E-state index is 10.8. The van der Waals surface area contributed by atoms with Crippen LogP contribution < -0.4 is 9.47 Å². The summed E-state index contributed by atoms with van der Waals surface area (Å²) >= 11 is 0. The maximum absolute atomic E-state index is 10.8. The molecule has 0 bridgehead atoms. The minimum Gasteiger partial charge on any atom is -0.502 e. The molecule has 0 aromatic heterocycles. The van der Waals surface area contributed by atoms with E-state index in [0.29, 0.717) is 5.56 Å². The van der Waals surface area contributed by atoms with Crippen LogP contribution in [0.2, 0.25) is 0 Å². The molecule has 0 spiro atoms. The van der Waals surface area contributed by atoms with E-state index < -0.39 is 13.8 Å². The summed E-state index contributed by atoms with van der Waals surface area (Å²) in [4.78, 5) is 17.7. The molecular weight excluding hydrogens is 235 g/mol. The molecule has 0 saturated heterocycles. The van der Waals surface area contributed by atoms with Crippen molar-refractivity contribution in [3.05, 3.63) is 17.7 Å². The summed E-state index contributed by atoms with van der Waals surface area (Å²) in [5.41, 5.74) is 0.333. The van der Waals surface area contributed by atoms with Crippen LogP contribution in [0, 0.1) is 0 Å². The third-order valence-electron chi connectivity index (χ3n) is 1.93. The quantitative estimate of drug-likeness (QED) is 0.690. The highest BCUT2D eigenvalue weighted by Gasteiger charge is 2.18. The summed E-state index contributed by atoms with van der Waals surface area (Å²) < 4.78 is 20.6. The molecule has 6 nitrogen and oxygen atoms in total. The van der Waals surface area contributed by atoms with Crippen molar-refractivity contribution in [2.24, 2.45) is 0 Å². The molecule has 90 valence electrons. The lowest BCUT2D eigenvalue weighted by atomic mass is 10.2. The summed E-state index contributed by atoms with van der Waals surface area (Å²) in [5, 5.41) is 9.57. The number of hydrogen-bond donors (Lipinski definition) is 3. The van der Waals surface area contributed by atoms with Gasteiger partial charge in [-0.05, 0) is 17.7 Å². The van der Waals surface area contributed by atoms with Gasteiger partial charge in [0.15, 0.2) is 11.5 Å². The van der Waals surface area contributed by atoms with Gasteiger partial charge in [0.2, 0.25) is 5.75 Å². The number of hydrogen-bond acceptors (Lipinski definition) is 4.